The molecule has 10 heteroatoms. The molecule has 0 radical (unpaired) electrons. The highest BCUT2D eigenvalue weighted by Gasteiger charge is 2.37. The molecule has 4 aromatic carbocycles. The van der Waals surface area contributed by atoms with Crippen LogP contribution in [-0.2, 0) is 0 Å². The van der Waals surface area contributed by atoms with Crippen LogP contribution in [-0.4, -0.2) is 30.6 Å². The van der Waals surface area contributed by atoms with Gasteiger partial charge in [-0.1, -0.05) is 42.9 Å². The van der Waals surface area contributed by atoms with Crippen LogP contribution in [0.3, 0.4) is 0 Å². The minimum absolute atomic E-state index is 0.0442. The lowest BCUT2D eigenvalue weighted by molar-refractivity contribution is 0.325. The average Bonchev–Trinajstić information content (AvgIpc) is 3.02. The van der Waals surface area contributed by atoms with Crippen molar-refractivity contribution in [2.45, 2.75) is 32.6 Å². The summed E-state index contributed by atoms with van der Waals surface area (Å²) < 4.78 is 11.6. The van der Waals surface area contributed by atoms with Crippen LogP contribution >= 0.6 is 0 Å². The largest absolute Gasteiger partial charge is 0.507 e. The van der Waals surface area contributed by atoms with Crippen LogP contribution in [0.5, 0.6) is 34.5 Å². The number of phenolic OH excluding ortho intramolecular Hbond substituents is 6. The molecule has 0 spiro atoms. The Hall–Kier alpha value is -5.90. The van der Waals surface area contributed by atoms with Crippen molar-refractivity contribution in [3.05, 3.63) is 97.8 Å². The van der Waals surface area contributed by atoms with Gasteiger partial charge in [-0.05, 0) is 61.6 Å². The smallest absolute Gasteiger partial charge is 0.204 e. The van der Waals surface area contributed by atoms with E-state index < -0.39 is 39.4 Å². The SMILES string of the molecule is CC1=C[C@H](c2cc(O)c3c(=O)c4cccc(O)c4oc3c2O)[C@](C)(/C=C/c2cc(O)c3c(=O)c4cccc(O)c4oc3c2O)CC1. The monoisotopic (exact) mass is 620 g/mol. The minimum atomic E-state index is -0.754. The highest BCUT2D eigenvalue weighted by Crippen LogP contribution is 2.52. The normalized spacial score (nSPS) is 18.7. The molecule has 0 saturated carbocycles. The molecule has 0 fully saturated rings. The summed E-state index contributed by atoms with van der Waals surface area (Å²) in [6, 6.07) is 11.1. The minimum Gasteiger partial charge on any atom is -0.507 e. The van der Waals surface area contributed by atoms with Crippen molar-refractivity contribution in [1.82, 2.24) is 0 Å². The van der Waals surface area contributed by atoms with E-state index in [1.165, 1.54) is 48.5 Å². The van der Waals surface area contributed by atoms with Gasteiger partial charge in [0.25, 0.3) is 0 Å². The zero-order valence-corrected chi connectivity index (χ0v) is 24.7. The molecule has 1 aliphatic carbocycles. The molecule has 2 atom stereocenters. The first-order valence-corrected chi connectivity index (χ1v) is 14.5. The standard InChI is InChI=1S/C36H28O10/c1-16-9-11-36(2,12-10-17-14-24(39)26-29(42)18-5-3-7-22(37)32(18)45-34(26)28(17)41)21(13-16)20-15-25(40)27-30(43)19-6-4-8-23(38)33(19)46-35(27)31(20)44/h3-8,10,12-15,21,37-41,44H,9,11H2,1-2H3/b12-10+/t21-,36+/m1/s1. The molecular formula is C36H28O10. The number of aromatic hydroxyl groups is 6. The first-order chi connectivity index (χ1) is 21.9. The van der Waals surface area contributed by atoms with Crippen LogP contribution in [0.15, 0.2) is 84.7 Å². The van der Waals surface area contributed by atoms with E-state index in [-0.39, 0.29) is 72.3 Å². The third-order valence-electron chi connectivity index (χ3n) is 9.07. The lowest BCUT2D eigenvalue weighted by atomic mass is 9.66. The van der Waals surface area contributed by atoms with Crippen LogP contribution < -0.4 is 10.9 Å². The Morgan fingerprint density at radius 2 is 1.28 bits per heavy atom. The maximum absolute atomic E-state index is 13.3. The predicted molar refractivity (Wildman–Crippen MR) is 173 cm³/mol. The van der Waals surface area contributed by atoms with E-state index in [0.717, 1.165) is 5.57 Å². The van der Waals surface area contributed by atoms with Gasteiger partial charge in [0.15, 0.2) is 45.3 Å². The lowest BCUT2D eigenvalue weighted by Gasteiger charge is -2.38. The van der Waals surface area contributed by atoms with E-state index >= 15 is 0 Å². The van der Waals surface area contributed by atoms with Gasteiger partial charge < -0.3 is 39.5 Å². The summed E-state index contributed by atoms with van der Waals surface area (Å²) in [5, 5.41) is 64.9. The van der Waals surface area contributed by atoms with E-state index in [4.69, 9.17) is 8.83 Å². The molecule has 0 aliphatic heterocycles. The first kappa shape index (κ1) is 28.8. The predicted octanol–water partition coefficient (Wildman–Crippen LogP) is 6.98. The molecule has 1 aliphatic rings. The summed E-state index contributed by atoms with van der Waals surface area (Å²) in [5.41, 5.74) is -1.36. The Balaban J connectivity index is 1.39. The Morgan fingerprint density at radius 3 is 1.87 bits per heavy atom. The maximum atomic E-state index is 13.3. The summed E-state index contributed by atoms with van der Waals surface area (Å²) in [4.78, 5) is 26.4. The fraction of sp³-hybridized carbons (Fsp3) is 0.167. The van der Waals surface area contributed by atoms with Crippen LogP contribution in [0.1, 0.15) is 43.7 Å². The molecule has 7 rings (SSSR count). The second-order valence-electron chi connectivity index (χ2n) is 12.1. The molecule has 2 heterocycles. The van der Waals surface area contributed by atoms with Gasteiger partial charge in [-0.15, -0.1) is 0 Å². The summed E-state index contributed by atoms with van der Waals surface area (Å²) in [5.74, 6) is -2.76. The van der Waals surface area contributed by atoms with Gasteiger partial charge in [0.05, 0.1) is 10.8 Å². The highest BCUT2D eigenvalue weighted by atomic mass is 16.4. The number of para-hydroxylation sites is 2. The Kier molecular flexibility index (Phi) is 6.31. The Bertz CT molecular complexity index is 2470. The number of hydrogen-bond donors (Lipinski definition) is 6. The van der Waals surface area contributed by atoms with Gasteiger partial charge in [0, 0.05) is 17.0 Å². The number of fused-ring (bicyclic) bond motifs is 4. The molecule has 6 N–H and O–H groups in total. The summed E-state index contributed by atoms with van der Waals surface area (Å²) in [6.07, 6.45) is 6.57. The van der Waals surface area contributed by atoms with Gasteiger partial charge in [0.1, 0.15) is 22.3 Å². The van der Waals surface area contributed by atoms with Gasteiger partial charge in [0.2, 0.25) is 10.9 Å². The summed E-state index contributed by atoms with van der Waals surface area (Å²) >= 11 is 0. The van der Waals surface area contributed by atoms with Gasteiger partial charge in [-0.25, -0.2) is 0 Å². The Morgan fingerprint density at radius 1 is 0.739 bits per heavy atom. The topological polar surface area (TPSA) is 182 Å². The molecule has 2 aromatic heterocycles. The number of phenols is 6. The number of allylic oxidation sites excluding steroid dienone is 3. The van der Waals surface area contributed by atoms with Crippen molar-refractivity contribution in [2.24, 2.45) is 5.41 Å². The second kappa shape index (κ2) is 10.1. The van der Waals surface area contributed by atoms with Crippen molar-refractivity contribution in [3.63, 3.8) is 0 Å². The second-order valence-corrected chi connectivity index (χ2v) is 12.1. The summed E-state index contributed by atoms with van der Waals surface area (Å²) in [6.45, 7) is 3.86. The van der Waals surface area contributed by atoms with E-state index in [9.17, 15) is 40.2 Å². The molecule has 0 amide bonds. The average molecular weight is 621 g/mol. The molecule has 232 valence electrons. The molecule has 10 nitrogen and oxygen atoms in total. The first-order valence-electron chi connectivity index (χ1n) is 14.5. The van der Waals surface area contributed by atoms with Crippen molar-refractivity contribution in [3.8, 4) is 34.5 Å². The van der Waals surface area contributed by atoms with Gasteiger partial charge in [-0.2, -0.15) is 0 Å². The molecule has 6 aromatic rings. The van der Waals surface area contributed by atoms with E-state index in [0.29, 0.717) is 12.8 Å². The van der Waals surface area contributed by atoms with Gasteiger partial charge in [-0.3, -0.25) is 9.59 Å². The highest BCUT2D eigenvalue weighted by molar-refractivity contribution is 6.00. The van der Waals surface area contributed by atoms with E-state index in [2.05, 4.69) is 0 Å². The Labute approximate surface area is 259 Å². The van der Waals surface area contributed by atoms with Crippen LogP contribution in [0, 0.1) is 5.41 Å². The van der Waals surface area contributed by atoms with Crippen LogP contribution in [0.25, 0.3) is 50.0 Å². The van der Waals surface area contributed by atoms with Crippen LogP contribution in [0.2, 0.25) is 0 Å². The molecule has 0 saturated heterocycles. The van der Waals surface area contributed by atoms with Crippen LogP contribution in [0.4, 0.5) is 0 Å². The number of rotatable bonds is 3. The third-order valence-corrected chi connectivity index (χ3v) is 9.07. The summed E-state index contributed by atoms with van der Waals surface area (Å²) in [7, 11) is 0. The van der Waals surface area contributed by atoms with Crippen molar-refractivity contribution in [2.75, 3.05) is 0 Å². The third kappa shape index (κ3) is 4.17. The fourth-order valence-electron chi connectivity index (χ4n) is 6.50. The van der Waals surface area contributed by atoms with E-state index in [1.54, 1.807) is 12.2 Å². The fourth-order valence-corrected chi connectivity index (χ4v) is 6.50. The van der Waals surface area contributed by atoms with E-state index in [1.807, 2.05) is 19.9 Å². The lowest BCUT2D eigenvalue weighted by Crippen LogP contribution is -2.26. The van der Waals surface area contributed by atoms with Gasteiger partial charge >= 0.3 is 0 Å². The van der Waals surface area contributed by atoms with Crippen molar-refractivity contribution >= 4 is 50.0 Å². The van der Waals surface area contributed by atoms with Crippen molar-refractivity contribution in [1.29, 1.82) is 0 Å². The molecular weight excluding hydrogens is 592 g/mol. The molecule has 0 bridgehead atoms. The van der Waals surface area contributed by atoms with Crippen molar-refractivity contribution < 1.29 is 39.5 Å². The number of hydrogen-bond acceptors (Lipinski definition) is 10. The number of benzene rings is 4. The quantitative estimate of drug-likeness (QED) is 0.0686. The zero-order valence-electron chi connectivity index (χ0n) is 24.7. The maximum Gasteiger partial charge on any atom is 0.204 e. The zero-order chi connectivity index (χ0) is 32.7. The molecule has 0 unspecified atom stereocenters. The molecule has 46 heavy (non-hydrogen) atoms.